The molecule has 6 nitrogen and oxygen atoms in total. The summed E-state index contributed by atoms with van der Waals surface area (Å²) in [6.45, 7) is 4.61. The molecule has 1 aromatic heterocycles. The highest BCUT2D eigenvalue weighted by atomic mass is 16.5. The molecule has 94 valence electrons. The zero-order chi connectivity index (χ0) is 12.4. The summed E-state index contributed by atoms with van der Waals surface area (Å²) in [6, 6.07) is 0. The van der Waals surface area contributed by atoms with Crippen LogP contribution in [0.5, 0.6) is 0 Å². The normalized spacial score (nSPS) is 24.9. The van der Waals surface area contributed by atoms with E-state index in [2.05, 4.69) is 10.3 Å². The Kier molecular flexibility index (Phi) is 3.56. The molecular weight excluding hydrogens is 222 g/mol. The number of aliphatic hydroxyl groups excluding tert-OH is 1. The van der Waals surface area contributed by atoms with Crippen molar-refractivity contribution >= 4 is 5.78 Å². The summed E-state index contributed by atoms with van der Waals surface area (Å²) in [4.78, 5) is 15.4. The molecule has 0 aromatic carbocycles. The maximum Gasteiger partial charge on any atom is 0.179 e. The van der Waals surface area contributed by atoms with E-state index in [1.165, 1.54) is 6.92 Å². The minimum atomic E-state index is -0.221. The first-order chi connectivity index (χ1) is 8.13. The molecule has 0 aliphatic carbocycles. The van der Waals surface area contributed by atoms with Crippen molar-refractivity contribution in [2.24, 2.45) is 0 Å². The van der Waals surface area contributed by atoms with Gasteiger partial charge < -0.3 is 19.7 Å². The number of Topliss-reactive ketones (excluding diaryl/α,β-unsaturated/α-hetero) is 1. The molecule has 0 bridgehead atoms. The number of hydrogen-bond donors (Lipinski definition) is 2. The third kappa shape index (κ3) is 2.38. The van der Waals surface area contributed by atoms with Gasteiger partial charge in [0.1, 0.15) is 11.9 Å². The molecule has 1 aliphatic heterocycles. The number of aliphatic hydroxyl groups is 1. The Balaban J connectivity index is 2.19. The summed E-state index contributed by atoms with van der Waals surface area (Å²) in [5, 5.41) is 12.3. The van der Waals surface area contributed by atoms with E-state index in [1.807, 2.05) is 11.5 Å². The van der Waals surface area contributed by atoms with E-state index in [0.717, 1.165) is 5.69 Å². The number of nitrogens with one attached hydrogen (secondary N) is 1. The van der Waals surface area contributed by atoms with Crippen molar-refractivity contribution in [3.8, 4) is 0 Å². The van der Waals surface area contributed by atoms with Crippen molar-refractivity contribution in [3.63, 3.8) is 0 Å². The van der Waals surface area contributed by atoms with Crippen LogP contribution in [0.1, 0.15) is 29.3 Å². The maximum atomic E-state index is 11.3. The van der Waals surface area contributed by atoms with Gasteiger partial charge in [0.05, 0.1) is 19.0 Å². The number of carbonyl (C=O) groups is 1. The van der Waals surface area contributed by atoms with Crippen LogP contribution in [-0.2, 0) is 4.74 Å². The van der Waals surface area contributed by atoms with Gasteiger partial charge in [0.25, 0.3) is 0 Å². The molecule has 17 heavy (non-hydrogen) atoms. The van der Waals surface area contributed by atoms with Gasteiger partial charge in [-0.15, -0.1) is 0 Å². The Morgan fingerprint density at radius 1 is 1.71 bits per heavy atom. The summed E-state index contributed by atoms with van der Waals surface area (Å²) < 4.78 is 7.52. The Labute approximate surface area is 99.6 Å². The van der Waals surface area contributed by atoms with Gasteiger partial charge in [0.15, 0.2) is 5.78 Å². The van der Waals surface area contributed by atoms with E-state index in [0.29, 0.717) is 18.8 Å². The van der Waals surface area contributed by atoms with Crippen molar-refractivity contribution in [1.82, 2.24) is 14.9 Å². The third-order valence-electron chi connectivity index (χ3n) is 2.93. The summed E-state index contributed by atoms with van der Waals surface area (Å²) in [5.74, 6) is -0.0521. The predicted molar refractivity (Wildman–Crippen MR) is 60.8 cm³/mol. The van der Waals surface area contributed by atoms with Crippen LogP contribution in [0.2, 0.25) is 0 Å². The van der Waals surface area contributed by atoms with Gasteiger partial charge >= 0.3 is 0 Å². The highest BCUT2D eigenvalue weighted by Gasteiger charge is 2.25. The van der Waals surface area contributed by atoms with Crippen LogP contribution in [0.3, 0.4) is 0 Å². The molecule has 1 fully saturated rings. The maximum absolute atomic E-state index is 11.3. The second-order valence-electron chi connectivity index (χ2n) is 4.20. The number of ether oxygens (including phenoxy) is 1. The number of hydrogen-bond acceptors (Lipinski definition) is 5. The van der Waals surface area contributed by atoms with Crippen LogP contribution < -0.4 is 5.32 Å². The van der Waals surface area contributed by atoms with Crippen LogP contribution in [0.4, 0.5) is 0 Å². The Hall–Kier alpha value is -1.24. The lowest BCUT2D eigenvalue weighted by atomic mass is 10.2. The highest BCUT2D eigenvalue weighted by molar-refractivity contribution is 5.93. The molecule has 2 atom stereocenters. The van der Waals surface area contributed by atoms with Crippen molar-refractivity contribution in [2.45, 2.75) is 26.2 Å². The predicted octanol–water partition coefficient (Wildman–Crippen LogP) is -0.127. The van der Waals surface area contributed by atoms with Gasteiger partial charge in [0.2, 0.25) is 0 Å². The summed E-state index contributed by atoms with van der Waals surface area (Å²) in [7, 11) is 0. The molecule has 2 unspecified atom stereocenters. The van der Waals surface area contributed by atoms with Crippen LogP contribution in [0, 0.1) is 6.92 Å². The SMILES string of the molecule is CC(=O)c1ncn(C2CNCC(CO)O2)c1C. The molecule has 2 heterocycles. The molecule has 1 aromatic rings. The van der Waals surface area contributed by atoms with Gasteiger partial charge in [-0.25, -0.2) is 4.98 Å². The largest absolute Gasteiger partial charge is 0.394 e. The molecule has 1 saturated heterocycles. The number of imidazole rings is 1. The molecule has 0 saturated carbocycles. The fourth-order valence-corrected chi connectivity index (χ4v) is 2.02. The van der Waals surface area contributed by atoms with Crippen molar-refractivity contribution in [2.75, 3.05) is 19.7 Å². The van der Waals surface area contributed by atoms with E-state index in [4.69, 9.17) is 9.84 Å². The van der Waals surface area contributed by atoms with Gasteiger partial charge in [-0.2, -0.15) is 0 Å². The first-order valence-electron chi connectivity index (χ1n) is 5.65. The van der Waals surface area contributed by atoms with E-state index in [-0.39, 0.29) is 24.7 Å². The number of carbonyl (C=O) groups excluding carboxylic acids is 1. The minimum absolute atomic E-state index is 0.0171. The lowest BCUT2D eigenvalue weighted by Gasteiger charge is -2.31. The number of nitrogens with zero attached hydrogens (tertiary/aromatic N) is 2. The van der Waals surface area contributed by atoms with Crippen LogP contribution >= 0.6 is 0 Å². The second-order valence-corrected chi connectivity index (χ2v) is 4.20. The smallest absolute Gasteiger partial charge is 0.179 e. The third-order valence-corrected chi connectivity index (χ3v) is 2.93. The molecule has 0 spiro atoms. The van der Waals surface area contributed by atoms with Gasteiger partial charge in [-0.05, 0) is 6.92 Å². The van der Waals surface area contributed by atoms with Crippen LogP contribution in [0.15, 0.2) is 6.33 Å². The first-order valence-corrected chi connectivity index (χ1v) is 5.65. The van der Waals surface area contributed by atoms with Crippen LogP contribution in [-0.4, -0.2) is 46.2 Å². The number of rotatable bonds is 3. The minimum Gasteiger partial charge on any atom is -0.394 e. The van der Waals surface area contributed by atoms with Crippen molar-refractivity contribution < 1.29 is 14.6 Å². The number of ketones is 1. The topological polar surface area (TPSA) is 76.4 Å². The summed E-state index contributed by atoms with van der Waals surface area (Å²) in [6.07, 6.45) is 1.18. The molecule has 2 rings (SSSR count). The van der Waals surface area contributed by atoms with Gasteiger partial charge in [0, 0.05) is 25.7 Å². The lowest BCUT2D eigenvalue weighted by Crippen LogP contribution is -2.44. The Morgan fingerprint density at radius 2 is 2.47 bits per heavy atom. The standard InChI is InChI=1S/C11H17N3O3/c1-7-11(8(2)16)13-6-14(7)10-4-12-3-9(5-15)17-10/h6,9-10,12,15H,3-5H2,1-2H3. The van der Waals surface area contributed by atoms with E-state index in [1.54, 1.807) is 6.33 Å². The van der Waals surface area contributed by atoms with Crippen molar-refractivity contribution in [3.05, 3.63) is 17.7 Å². The quantitative estimate of drug-likeness (QED) is 0.719. The fourth-order valence-electron chi connectivity index (χ4n) is 2.02. The molecule has 0 amide bonds. The average molecular weight is 239 g/mol. The first kappa shape index (κ1) is 12.2. The number of aromatic nitrogens is 2. The zero-order valence-corrected chi connectivity index (χ0v) is 10.0. The monoisotopic (exact) mass is 239 g/mol. The van der Waals surface area contributed by atoms with Crippen LogP contribution in [0.25, 0.3) is 0 Å². The Morgan fingerprint density at radius 3 is 3.06 bits per heavy atom. The molecule has 6 heteroatoms. The zero-order valence-electron chi connectivity index (χ0n) is 10.0. The fraction of sp³-hybridized carbons (Fsp3) is 0.636. The van der Waals surface area contributed by atoms with Crippen molar-refractivity contribution in [1.29, 1.82) is 0 Å². The number of morpholine rings is 1. The molecule has 1 aliphatic rings. The van der Waals surface area contributed by atoms with E-state index >= 15 is 0 Å². The van der Waals surface area contributed by atoms with Gasteiger partial charge in [-0.1, -0.05) is 0 Å². The average Bonchev–Trinajstić information content (AvgIpc) is 2.71. The lowest BCUT2D eigenvalue weighted by molar-refractivity contribution is -0.0955. The van der Waals surface area contributed by atoms with Gasteiger partial charge in [-0.3, -0.25) is 4.79 Å². The molecule has 0 radical (unpaired) electrons. The second kappa shape index (κ2) is 4.95. The molecular formula is C11H17N3O3. The van der Waals surface area contributed by atoms with E-state index in [9.17, 15) is 4.79 Å². The summed E-state index contributed by atoms with van der Waals surface area (Å²) in [5.41, 5.74) is 1.27. The Bertz CT molecular complexity index is 416. The molecule has 2 N–H and O–H groups in total. The summed E-state index contributed by atoms with van der Waals surface area (Å²) >= 11 is 0. The highest BCUT2D eigenvalue weighted by Crippen LogP contribution is 2.18. The van der Waals surface area contributed by atoms with E-state index < -0.39 is 0 Å².